The number of rotatable bonds is 5. The summed E-state index contributed by atoms with van der Waals surface area (Å²) in [5, 5.41) is 4.85. The molecule has 2 aromatic carbocycles. The predicted molar refractivity (Wildman–Crippen MR) is 106 cm³/mol. The van der Waals surface area contributed by atoms with E-state index in [0.717, 1.165) is 11.3 Å². The molecule has 7 heteroatoms. The Labute approximate surface area is 161 Å². The Morgan fingerprint density at radius 2 is 1.86 bits per heavy atom. The molecule has 0 fully saturated rings. The summed E-state index contributed by atoms with van der Waals surface area (Å²) in [4.78, 5) is 33.5. The second-order valence-electron chi connectivity index (χ2n) is 6.59. The van der Waals surface area contributed by atoms with Crippen LogP contribution in [0.1, 0.15) is 11.4 Å². The zero-order valence-corrected chi connectivity index (χ0v) is 15.4. The van der Waals surface area contributed by atoms with Gasteiger partial charge in [0, 0.05) is 13.2 Å². The summed E-state index contributed by atoms with van der Waals surface area (Å²) in [6.45, 7) is 0.228. The van der Waals surface area contributed by atoms with Crippen LogP contribution in [0.25, 0.3) is 16.6 Å². The maximum Gasteiger partial charge on any atom is 0.258 e. The highest BCUT2D eigenvalue weighted by Gasteiger charge is 2.14. The first kappa shape index (κ1) is 17.7. The molecule has 0 saturated heterocycles. The summed E-state index contributed by atoms with van der Waals surface area (Å²) in [6.07, 6.45) is 3.76. The summed E-state index contributed by atoms with van der Waals surface area (Å²) in [5.41, 5.74) is 2.17. The minimum atomic E-state index is -0.203. The molecule has 2 heterocycles. The van der Waals surface area contributed by atoms with E-state index in [1.165, 1.54) is 0 Å². The number of likely N-dealkylation sites (N-methyl/N-ethyl adjacent to an activating group) is 1. The van der Waals surface area contributed by atoms with Crippen molar-refractivity contribution in [3.63, 3.8) is 0 Å². The molecule has 2 aromatic heterocycles. The first-order valence-corrected chi connectivity index (χ1v) is 8.91. The lowest BCUT2D eigenvalue weighted by Gasteiger charge is -2.16. The largest absolute Gasteiger partial charge is 0.338 e. The van der Waals surface area contributed by atoms with Crippen LogP contribution >= 0.6 is 0 Å². The lowest BCUT2D eigenvalue weighted by molar-refractivity contribution is -0.129. The Morgan fingerprint density at radius 1 is 1.11 bits per heavy atom. The van der Waals surface area contributed by atoms with Gasteiger partial charge in [-0.2, -0.15) is 5.10 Å². The molecule has 0 aliphatic carbocycles. The number of aromatic amines is 1. The molecule has 0 radical (unpaired) electrons. The van der Waals surface area contributed by atoms with Crippen LogP contribution < -0.4 is 5.56 Å². The quantitative estimate of drug-likeness (QED) is 0.582. The van der Waals surface area contributed by atoms with Crippen LogP contribution in [0.4, 0.5) is 0 Å². The van der Waals surface area contributed by atoms with Gasteiger partial charge in [-0.15, -0.1) is 0 Å². The van der Waals surface area contributed by atoms with E-state index in [0.29, 0.717) is 16.7 Å². The van der Waals surface area contributed by atoms with Crippen LogP contribution in [0.3, 0.4) is 0 Å². The monoisotopic (exact) mass is 373 g/mol. The number of nitrogens with one attached hydrogen (secondary N) is 1. The van der Waals surface area contributed by atoms with Crippen molar-refractivity contribution in [2.24, 2.45) is 0 Å². The summed E-state index contributed by atoms with van der Waals surface area (Å²) in [5.74, 6) is 0.378. The topological polar surface area (TPSA) is 83.9 Å². The van der Waals surface area contributed by atoms with Gasteiger partial charge < -0.3 is 9.88 Å². The molecule has 4 aromatic rings. The molecule has 4 rings (SSSR count). The van der Waals surface area contributed by atoms with Gasteiger partial charge in [0.1, 0.15) is 5.82 Å². The molecule has 0 atom stereocenters. The third-order valence-electron chi connectivity index (χ3n) is 4.49. The van der Waals surface area contributed by atoms with E-state index < -0.39 is 0 Å². The van der Waals surface area contributed by atoms with Gasteiger partial charge in [-0.1, -0.05) is 30.3 Å². The average Bonchev–Trinajstić information content (AvgIpc) is 3.17. The number of H-pyrrole nitrogens is 1. The number of amides is 1. The van der Waals surface area contributed by atoms with Crippen LogP contribution in [-0.2, 0) is 17.8 Å². The van der Waals surface area contributed by atoms with Gasteiger partial charge in [0.15, 0.2) is 0 Å². The van der Waals surface area contributed by atoms with Gasteiger partial charge in [-0.25, -0.2) is 9.67 Å². The Hall–Kier alpha value is -3.74. The van der Waals surface area contributed by atoms with Crippen LogP contribution in [0.15, 0.2) is 71.8 Å². The lowest BCUT2D eigenvalue weighted by atomic mass is 10.2. The molecule has 1 amide bonds. The second-order valence-corrected chi connectivity index (χ2v) is 6.59. The van der Waals surface area contributed by atoms with Crippen molar-refractivity contribution in [2.45, 2.75) is 13.0 Å². The van der Waals surface area contributed by atoms with E-state index in [1.54, 1.807) is 41.0 Å². The molecular formula is C21H19N5O2. The number of benzene rings is 2. The number of hydrogen-bond acceptors (Lipinski definition) is 4. The summed E-state index contributed by atoms with van der Waals surface area (Å²) in [6, 6.07) is 16.9. The van der Waals surface area contributed by atoms with E-state index in [2.05, 4.69) is 15.1 Å². The molecule has 0 spiro atoms. The van der Waals surface area contributed by atoms with Gasteiger partial charge in [0.2, 0.25) is 5.91 Å². The highest BCUT2D eigenvalue weighted by molar-refractivity contribution is 5.79. The first-order valence-electron chi connectivity index (χ1n) is 8.91. The second kappa shape index (κ2) is 7.48. The highest BCUT2D eigenvalue weighted by atomic mass is 16.2. The van der Waals surface area contributed by atoms with Gasteiger partial charge in [0.25, 0.3) is 5.56 Å². The van der Waals surface area contributed by atoms with Gasteiger partial charge >= 0.3 is 0 Å². The molecule has 0 bridgehead atoms. The minimum absolute atomic E-state index is 0.0802. The van der Waals surface area contributed by atoms with E-state index in [4.69, 9.17) is 0 Å². The number of fused-ring (bicyclic) bond motifs is 1. The molecular weight excluding hydrogens is 354 g/mol. The molecule has 0 aliphatic heterocycles. The molecule has 140 valence electrons. The van der Waals surface area contributed by atoms with E-state index in [1.807, 2.05) is 42.6 Å². The smallest absolute Gasteiger partial charge is 0.258 e. The van der Waals surface area contributed by atoms with E-state index in [-0.39, 0.29) is 24.4 Å². The fourth-order valence-corrected chi connectivity index (χ4v) is 3.01. The fourth-order valence-electron chi connectivity index (χ4n) is 3.01. The van der Waals surface area contributed by atoms with Crippen LogP contribution in [0.5, 0.6) is 0 Å². The summed E-state index contributed by atoms with van der Waals surface area (Å²) < 4.78 is 1.74. The zero-order chi connectivity index (χ0) is 19.5. The maximum absolute atomic E-state index is 12.6. The average molecular weight is 373 g/mol. The highest BCUT2D eigenvalue weighted by Crippen LogP contribution is 2.10. The van der Waals surface area contributed by atoms with E-state index >= 15 is 0 Å². The van der Waals surface area contributed by atoms with Crippen molar-refractivity contribution < 1.29 is 4.79 Å². The predicted octanol–water partition coefficient (Wildman–Crippen LogP) is 2.31. The first-order chi connectivity index (χ1) is 13.6. The van der Waals surface area contributed by atoms with Crippen molar-refractivity contribution in [1.82, 2.24) is 24.6 Å². The standard InChI is InChI=1S/C21H19N5O2/c1-25(14-19-23-18-10-6-5-9-17(18)21(28)24-19)20(27)11-15-12-22-26(13-15)16-7-3-2-4-8-16/h2-10,12-13H,11,14H2,1H3,(H,23,24,28). The van der Waals surface area contributed by atoms with Gasteiger partial charge in [-0.05, 0) is 29.8 Å². The molecule has 0 unspecified atom stereocenters. The van der Waals surface area contributed by atoms with Crippen LogP contribution in [0, 0.1) is 0 Å². The Morgan fingerprint density at radius 3 is 2.68 bits per heavy atom. The molecule has 1 N–H and O–H groups in total. The number of carbonyl (C=O) groups is 1. The summed E-state index contributed by atoms with van der Waals surface area (Å²) in [7, 11) is 1.69. The van der Waals surface area contributed by atoms with Crippen molar-refractivity contribution in [3.05, 3.63) is 88.7 Å². The Balaban J connectivity index is 1.46. The Kier molecular flexibility index (Phi) is 4.72. The van der Waals surface area contributed by atoms with Gasteiger partial charge in [0.05, 0.1) is 35.8 Å². The normalized spacial score (nSPS) is 10.9. The van der Waals surface area contributed by atoms with Gasteiger partial charge in [-0.3, -0.25) is 9.59 Å². The minimum Gasteiger partial charge on any atom is -0.338 e. The fraction of sp³-hybridized carbons (Fsp3) is 0.143. The molecule has 0 aliphatic rings. The number of hydrogen-bond donors (Lipinski definition) is 1. The zero-order valence-electron chi connectivity index (χ0n) is 15.4. The number of carbonyl (C=O) groups excluding carboxylic acids is 1. The maximum atomic E-state index is 12.6. The van der Waals surface area contributed by atoms with Crippen LogP contribution in [0.2, 0.25) is 0 Å². The van der Waals surface area contributed by atoms with Crippen molar-refractivity contribution in [1.29, 1.82) is 0 Å². The third-order valence-corrected chi connectivity index (χ3v) is 4.49. The van der Waals surface area contributed by atoms with Crippen LogP contribution in [-0.4, -0.2) is 37.6 Å². The number of nitrogens with zero attached hydrogens (tertiary/aromatic N) is 4. The number of aromatic nitrogens is 4. The van der Waals surface area contributed by atoms with E-state index in [9.17, 15) is 9.59 Å². The van der Waals surface area contributed by atoms with Crippen molar-refractivity contribution >= 4 is 16.8 Å². The summed E-state index contributed by atoms with van der Waals surface area (Å²) >= 11 is 0. The van der Waals surface area contributed by atoms with Crippen molar-refractivity contribution in [2.75, 3.05) is 7.05 Å². The molecule has 7 nitrogen and oxygen atoms in total. The Bertz CT molecular complexity index is 1180. The number of para-hydroxylation sites is 2. The SMILES string of the molecule is CN(Cc1nc2ccccc2c(=O)[nH]1)C(=O)Cc1cnn(-c2ccccc2)c1. The lowest BCUT2D eigenvalue weighted by Crippen LogP contribution is -2.29. The molecule has 0 saturated carbocycles. The third kappa shape index (κ3) is 3.68. The van der Waals surface area contributed by atoms with Crippen molar-refractivity contribution in [3.8, 4) is 5.69 Å². The molecule has 28 heavy (non-hydrogen) atoms.